The van der Waals surface area contributed by atoms with Crippen molar-refractivity contribution in [2.24, 2.45) is 0 Å². The Morgan fingerprint density at radius 3 is 2.70 bits per heavy atom. The van der Waals surface area contributed by atoms with Crippen molar-refractivity contribution in [3.63, 3.8) is 0 Å². The molecule has 10 heavy (non-hydrogen) atoms. The molecule has 1 N–H and O–H groups in total. The molecule has 0 aliphatic rings. The van der Waals surface area contributed by atoms with E-state index in [1.54, 1.807) is 0 Å². The first kappa shape index (κ1) is 8.59. The Bertz CT molecular complexity index is 200. The molecule has 0 aromatic carbocycles. The molecule has 0 bridgehead atoms. The number of carbonyl (C=O) groups is 1. The highest BCUT2D eigenvalue weighted by atomic mass is 16.4. The number of unbranched alkanes of at least 4 members (excludes halogenated alkanes) is 2. The van der Waals surface area contributed by atoms with Crippen molar-refractivity contribution in [3.05, 3.63) is 0 Å². The maximum absolute atomic E-state index is 9.82. The van der Waals surface area contributed by atoms with E-state index >= 15 is 0 Å². The van der Waals surface area contributed by atoms with E-state index in [2.05, 4.69) is 11.8 Å². The van der Waals surface area contributed by atoms with Crippen molar-refractivity contribution in [2.45, 2.75) is 19.3 Å². The summed E-state index contributed by atoms with van der Waals surface area (Å²) in [6, 6.07) is 0. The first-order valence-corrected chi connectivity index (χ1v) is 2.92. The molecule has 0 radical (unpaired) electrons. The van der Waals surface area contributed by atoms with Gasteiger partial charge in [-0.25, -0.2) is 4.79 Å². The highest BCUT2D eigenvalue weighted by molar-refractivity contribution is 5.86. The molecule has 0 aliphatic carbocycles. The minimum atomic E-state index is -1.08. The molecule has 0 unspecified atom stereocenters. The van der Waals surface area contributed by atoms with Gasteiger partial charge in [-0.15, -0.1) is 12.3 Å². The fourth-order valence-electron chi connectivity index (χ4n) is 0.417. The van der Waals surface area contributed by atoms with Gasteiger partial charge >= 0.3 is 5.97 Å². The average molecular weight is 136 g/mol. The molecule has 2 heteroatoms. The van der Waals surface area contributed by atoms with Gasteiger partial charge in [0.25, 0.3) is 0 Å². The van der Waals surface area contributed by atoms with Crippen LogP contribution in [0.25, 0.3) is 0 Å². The van der Waals surface area contributed by atoms with Crippen LogP contribution >= 0.6 is 0 Å². The quantitative estimate of drug-likeness (QED) is 0.452. The van der Waals surface area contributed by atoms with Gasteiger partial charge in [-0.05, 0) is 6.42 Å². The zero-order valence-corrected chi connectivity index (χ0v) is 5.55. The largest absolute Gasteiger partial charge is 0.472 e. The molecule has 0 saturated carbocycles. The molecular formula is C8H8O2. The van der Waals surface area contributed by atoms with Crippen LogP contribution in [-0.4, -0.2) is 11.1 Å². The van der Waals surface area contributed by atoms with E-state index < -0.39 is 5.97 Å². The number of terminal acetylenes is 1. The Balaban J connectivity index is 3.31. The standard InChI is InChI=1S/C8H8O2/c1-2-3-4-5-6-7-8(9)10/h1H,3-5H2,(H,9,10). The van der Waals surface area contributed by atoms with E-state index in [0.29, 0.717) is 12.8 Å². The number of rotatable bonds is 2. The van der Waals surface area contributed by atoms with Gasteiger partial charge in [0.15, 0.2) is 0 Å². The van der Waals surface area contributed by atoms with Crippen LogP contribution in [0.2, 0.25) is 0 Å². The van der Waals surface area contributed by atoms with E-state index in [1.807, 2.05) is 5.92 Å². The Hall–Kier alpha value is -1.41. The second kappa shape index (κ2) is 5.72. The number of carboxylic acids is 1. The molecule has 0 aromatic heterocycles. The first-order valence-electron chi connectivity index (χ1n) is 2.92. The van der Waals surface area contributed by atoms with Crippen molar-refractivity contribution in [1.82, 2.24) is 0 Å². The summed E-state index contributed by atoms with van der Waals surface area (Å²) in [5.41, 5.74) is 0. The fraction of sp³-hybridized carbons (Fsp3) is 0.375. The van der Waals surface area contributed by atoms with E-state index in [0.717, 1.165) is 6.42 Å². The second-order valence-electron chi connectivity index (χ2n) is 1.66. The third-order valence-electron chi connectivity index (χ3n) is 0.818. The van der Waals surface area contributed by atoms with Crippen molar-refractivity contribution < 1.29 is 9.90 Å². The summed E-state index contributed by atoms with van der Waals surface area (Å²) >= 11 is 0. The van der Waals surface area contributed by atoms with Crippen molar-refractivity contribution >= 4 is 5.97 Å². The lowest BCUT2D eigenvalue weighted by Gasteiger charge is -1.81. The molecule has 0 aromatic rings. The normalized spacial score (nSPS) is 7.10. The lowest BCUT2D eigenvalue weighted by molar-refractivity contribution is -0.130. The van der Waals surface area contributed by atoms with Gasteiger partial charge in [0, 0.05) is 18.8 Å². The summed E-state index contributed by atoms with van der Waals surface area (Å²) in [4.78, 5) is 9.82. The second-order valence-corrected chi connectivity index (χ2v) is 1.66. The molecule has 0 saturated heterocycles. The maximum Gasteiger partial charge on any atom is 0.381 e. The van der Waals surface area contributed by atoms with E-state index in [-0.39, 0.29) is 0 Å². The first-order chi connectivity index (χ1) is 4.77. The minimum absolute atomic E-state index is 0.566. The summed E-state index contributed by atoms with van der Waals surface area (Å²) in [5, 5.41) is 8.06. The highest BCUT2D eigenvalue weighted by Gasteiger charge is 1.82. The van der Waals surface area contributed by atoms with Crippen LogP contribution in [-0.2, 0) is 4.79 Å². The average Bonchev–Trinajstić information content (AvgIpc) is 1.87. The zero-order chi connectivity index (χ0) is 7.82. The van der Waals surface area contributed by atoms with Crippen molar-refractivity contribution in [2.75, 3.05) is 0 Å². The number of aliphatic carboxylic acids is 1. The summed E-state index contributed by atoms with van der Waals surface area (Å²) in [5.74, 6) is 5.83. The molecule has 52 valence electrons. The van der Waals surface area contributed by atoms with Gasteiger partial charge in [-0.3, -0.25) is 0 Å². The SMILES string of the molecule is C#CCCCC#CC(=O)O. The van der Waals surface area contributed by atoms with Crippen LogP contribution in [0.15, 0.2) is 0 Å². The van der Waals surface area contributed by atoms with Gasteiger partial charge in [0.2, 0.25) is 0 Å². The number of hydrogen-bond donors (Lipinski definition) is 1. The predicted octanol–water partition coefficient (Wildman–Crippen LogP) is 0.878. The van der Waals surface area contributed by atoms with E-state index in [4.69, 9.17) is 11.5 Å². The molecule has 0 atom stereocenters. The smallest absolute Gasteiger partial charge is 0.381 e. The molecule has 0 fully saturated rings. The lowest BCUT2D eigenvalue weighted by atomic mass is 10.2. The Morgan fingerprint density at radius 1 is 1.50 bits per heavy atom. The predicted molar refractivity (Wildman–Crippen MR) is 38.1 cm³/mol. The zero-order valence-electron chi connectivity index (χ0n) is 5.55. The Morgan fingerprint density at radius 2 is 2.20 bits per heavy atom. The number of carboxylic acid groups (broad SMARTS) is 1. The highest BCUT2D eigenvalue weighted by Crippen LogP contribution is 1.89. The molecule has 0 spiro atoms. The van der Waals surface area contributed by atoms with Crippen molar-refractivity contribution in [3.8, 4) is 24.2 Å². The molecule has 0 aliphatic heterocycles. The lowest BCUT2D eigenvalue weighted by Crippen LogP contribution is -1.86. The monoisotopic (exact) mass is 136 g/mol. The van der Waals surface area contributed by atoms with Crippen LogP contribution in [0.5, 0.6) is 0 Å². The summed E-state index contributed by atoms with van der Waals surface area (Å²) in [6.45, 7) is 0. The summed E-state index contributed by atoms with van der Waals surface area (Å²) < 4.78 is 0. The minimum Gasteiger partial charge on any atom is -0.472 e. The van der Waals surface area contributed by atoms with Crippen LogP contribution in [0.1, 0.15) is 19.3 Å². The van der Waals surface area contributed by atoms with Crippen LogP contribution < -0.4 is 0 Å². The maximum atomic E-state index is 9.82. The van der Waals surface area contributed by atoms with Crippen LogP contribution in [0.4, 0.5) is 0 Å². The van der Waals surface area contributed by atoms with E-state index in [1.165, 1.54) is 0 Å². The van der Waals surface area contributed by atoms with Gasteiger partial charge in [-0.1, -0.05) is 5.92 Å². The molecule has 0 rings (SSSR count). The summed E-state index contributed by atoms with van der Waals surface area (Å²) in [6.07, 6.45) is 6.96. The third kappa shape index (κ3) is 6.59. The van der Waals surface area contributed by atoms with Gasteiger partial charge in [0.05, 0.1) is 0 Å². The van der Waals surface area contributed by atoms with Gasteiger partial charge < -0.3 is 5.11 Å². The van der Waals surface area contributed by atoms with Crippen LogP contribution in [0.3, 0.4) is 0 Å². The molecule has 0 heterocycles. The fourth-order valence-corrected chi connectivity index (χ4v) is 0.417. The molecular weight excluding hydrogens is 128 g/mol. The Kier molecular flexibility index (Phi) is 4.91. The number of hydrogen-bond acceptors (Lipinski definition) is 1. The molecule has 0 amide bonds. The van der Waals surface area contributed by atoms with Gasteiger partial charge in [0.1, 0.15) is 0 Å². The third-order valence-corrected chi connectivity index (χ3v) is 0.818. The van der Waals surface area contributed by atoms with Gasteiger partial charge in [-0.2, -0.15) is 0 Å². The Labute approximate surface area is 60.2 Å². The van der Waals surface area contributed by atoms with Crippen LogP contribution in [0, 0.1) is 24.2 Å². The molecule has 2 nitrogen and oxygen atoms in total. The topological polar surface area (TPSA) is 37.3 Å². The van der Waals surface area contributed by atoms with Crippen molar-refractivity contribution in [1.29, 1.82) is 0 Å². The summed E-state index contributed by atoms with van der Waals surface area (Å²) in [7, 11) is 0. The van der Waals surface area contributed by atoms with E-state index in [9.17, 15) is 4.79 Å².